The van der Waals surface area contributed by atoms with Crippen molar-refractivity contribution in [3.63, 3.8) is 0 Å². The maximum atomic E-state index is 5.78. The van der Waals surface area contributed by atoms with Gasteiger partial charge in [0.1, 0.15) is 11.6 Å². The van der Waals surface area contributed by atoms with Gasteiger partial charge in [-0.15, -0.1) is 16.4 Å². The summed E-state index contributed by atoms with van der Waals surface area (Å²) in [6.45, 7) is 1.96. The summed E-state index contributed by atoms with van der Waals surface area (Å²) in [5, 5.41) is 10.2. The van der Waals surface area contributed by atoms with E-state index in [2.05, 4.69) is 20.2 Å². The molecule has 0 radical (unpaired) electrons. The van der Waals surface area contributed by atoms with E-state index < -0.39 is 0 Å². The Hall–Kier alpha value is -1.60. The van der Waals surface area contributed by atoms with E-state index in [1.54, 1.807) is 23.1 Å². The van der Waals surface area contributed by atoms with Crippen LogP contribution >= 0.6 is 23.1 Å². The maximum Gasteiger partial charge on any atom is 0.236 e. The number of hydrogen-bond acceptors (Lipinski definition) is 6. The third kappa shape index (κ3) is 3.57. The molecule has 0 amide bonds. The first-order chi connectivity index (χ1) is 11.8. The van der Waals surface area contributed by atoms with Crippen molar-refractivity contribution in [3.05, 3.63) is 34.8 Å². The normalized spacial score (nSPS) is 15.4. The molecule has 0 aromatic carbocycles. The molecule has 24 heavy (non-hydrogen) atoms. The molecule has 1 aliphatic carbocycles. The molecule has 0 bridgehead atoms. The van der Waals surface area contributed by atoms with Gasteiger partial charge in [-0.3, -0.25) is 5.10 Å². The second-order valence-corrected chi connectivity index (χ2v) is 8.10. The summed E-state index contributed by atoms with van der Waals surface area (Å²) in [6, 6.07) is 4.03. The molecule has 1 N–H and O–H groups in total. The molecule has 126 valence electrons. The number of aromatic amines is 1. The quantitative estimate of drug-likeness (QED) is 0.636. The van der Waals surface area contributed by atoms with Crippen LogP contribution in [0.15, 0.2) is 27.1 Å². The van der Waals surface area contributed by atoms with E-state index in [4.69, 9.17) is 4.42 Å². The Morgan fingerprint density at radius 2 is 2.21 bits per heavy atom. The van der Waals surface area contributed by atoms with Gasteiger partial charge in [-0.05, 0) is 24.3 Å². The van der Waals surface area contributed by atoms with Gasteiger partial charge in [0.25, 0.3) is 0 Å². The standard InChI is InChI=1S/C17H20N4OS2/c1-11-13(18-16(22-11)14-7-4-8-23-14)10-24-17-19-15(20-21-17)9-12-5-2-3-6-12/h4,7-8,12H,2-3,5-6,9-10H2,1H3,(H,19,20,21). The SMILES string of the molecule is Cc1oc(-c2cccs2)nc1CSc1n[nH]c(CC2CCCC2)n1. The van der Waals surface area contributed by atoms with E-state index in [1.807, 2.05) is 24.4 Å². The summed E-state index contributed by atoms with van der Waals surface area (Å²) in [6.07, 6.45) is 6.40. The second kappa shape index (κ2) is 7.11. The van der Waals surface area contributed by atoms with Crippen molar-refractivity contribution in [2.75, 3.05) is 0 Å². The third-order valence-corrected chi connectivity index (χ3v) is 6.15. The van der Waals surface area contributed by atoms with Crippen LogP contribution in [0, 0.1) is 12.8 Å². The number of hydrogen-bond donors (Lipinski definition) is 1. The van der Waals surface area contributed by atoms with Crippen molar-refractivity contribution in [1.29, 1.82) is 0 Å². The Kier molecular flexibility index (Phi) is 4.71. The molecule has 0 unspecified atom stereocenters. The number of nitrogens with one attached hydrogen (secondary N) is 1. The highest BCUT2D eigenvalue weighted by Crippen LogP contribution is 2.30. The van der Waals surface area contributed by atoms with E-state index in [1.165, 1.54) is 25.7 Å². The van der Waals surface area contributed by atoms with Crippen molar-refractivity contribution >= 4 is 23.1 Å². The fourth-order valence-corrected chi connectivity index (χ4v) is 4.59. The molecule has 4 rings (SSSR count). The molecule has 0 atom stereocenters. The molecule has 1 saturated carbocycles. The van der Waals surface area contributed by atoms with Gasteiger partial charge in [-0.2, -0.15) is 0 Å². The molecule has 0 aliphatic heterocycles. The van der Waals surface area contributed by atoms with Crippen molar-refractivity contribution in [3.8, 4) is 10.8 Å². The van der Waals surface area contributed by atoms with Crippen LogP contribution in [0.3, 0.4) is 0 Å². The zero-order valence-electron chi connectivity index (χ0n) is 13.6. The molecule has 1 fully saturated rings. The Morgan fingerprint density at radius 1 is 1.33 bits per heavy atom. The van der Waals surface area contributed by atoms with Crippen molar-refractivity contribution in [1.82, 2.24) is 20.2 Å². The van der Waals surface area contributed by atoms with Crippen molar-refractivity contribution < 1.29 is 4.42 Å². The summed E-state index contributed by atoms with van der Waals surface area (Å²) < 4.78 is 5.78. The largest absolute Gasteiger partial charge is 0.440 e. The van der Waals surface area contributed by atoms with Gasteiger partial charge in [0.2, 0.25) is 11.0 Å². The number of aromatic nitrogens is 4. The van der Waals surface area contributed by atoms with Crippen LogP contribution in [0.1, 0.15) is 43.0 Å². The number of thioether (sulfide) groups is 1. The monoisotopic (exact) mass is 360 g/mol. The zero-order chi connectivity index (χ0) is 16.4. The summed E-state index contributed by atoms with van der Waals surface area (Å²) in [7, 11) is 0. The first kappa shape index (κ1) is 15.9. The minimum absolute atomic E-state index is 0.704. The summed E-state index contributed by atoms with van der Waals surface area (Å²) in [4.78, 5) is 10.3. The van der Waals surface area contributed by atoms with E-state index in [0.717, 1.165) is 45.4 Å². The molecule has 3 heterocycles. The summed E-state index contributed by atoms with van der Waals surface area (Å²) >= 11 is 3.24. The predicted molar refractivity (Wildman–Crippen MR) is 96.2 cm³/mol. The minimum Gasteiger partial charge on any atom is -0.440 e. The molecule has 3 aromatic rings. The Morgan fingerprint density at radius 3 is 3.00 bits per heavy atom. The molecule has 7 heteroatoms. The smallest absolute Gasteiger partial charge is 0.236 e. The van der Waals surface area contributed by atoms with Crippen LogP contribution in [-0.2, 0) is 12.2 Å². The maximum absolute atomic E-state index is 5.78. The van der Waals surface area contributed by atoms with Gasteiger partial charge in [0.05, 0.1) is 10.6 Å². The fraction of sp³-hybridized carbons (Fsp3) is 0.471. The first-order valence-corrected chi connectivity index (χ1v) is 10.2. The van der Waals surface area contributed by atoms with Gasteiger partial charge in [0, 0.05) is 12.2 Å². The summed E-state index contributed by atoms with van der Waals surface area (Å²) in [5.41, 5.74) is 0.963. The highest BCUT2D eigenvalue weighted by atomic mass is 32.2. The van der Waals surface area contributed by atoms with Gasteiger partial charge in [-0.25, -0.2) is 9.97 Å². The summed E-state index contributed by atoms with van der Waals surface area (Å²) in [5.74, 6) is 4.09. The number of nitrogens with zero attached hydrogens (tertiary/aromatic N) is 3. The molecule has 1 aliphatic rings. The van der Waals surface area contributed by atoms with Crippen molar-refractivity contribution in [2.24, 2.45) is 5.92 Å². The molecule has 0 saturated heterocycles. The van der Waals surface area contributed by atoms with Crippen LogP contribution in [0.25, 0.3) is 10.8 Å². The van der Waals surface area contributed by atoms with Gasteiger partial charge in [-0.1, -0.05) is 43.5 Å². The Labute approximate surface area is 149 Å². The van der Waals surface area contributed by atoms with Crippen LogP contribution in [0.2, 0.25) is 0 Å². The molecule has 0 spiro atoms. The van der Waals surface area contributed by atoms with Crippen LogP contribution in [0.5, 0.6) is 0 Å². The average Bonchev–Trinajstić information content (AvgIpc) is 3.35. The topological polar surface area (TPSA) is 67.6 Å². The van der Waals surface area contributed by atoms with Crippen LogP contribution in [-0.4, -0.2) is 20.2 Å². The van der Waals surface area contributed by atoms with E-state index >= 15 is 0 Å². The van der Waals surface area contributed by atoms with Crippen LogP contribution < -0.4 is 0 Å². The van der Waals surface area contributed by atoms with Gasteiger partial charge >= 0.3 is 0 Å². The Bertz CT molecular complexity index is 787. The van der Waals surface area contributed by atoms with Crippen LogP contribution in [0.4, 0.5) is 0 Å². The average molecular weight is 361 g/mol. The lowest BCUT2D eigenvalue weighted by atomic mass is 10.0. The third-order valence-electron chi connectivity index (χ3n) is 4.43. The second-order valence-electron chi connectivity index (χ2n) is 6.21. The predicted octanol–water partition coefficient (Wildman–Crippen LogP) is 4.85. The highest BCUT2D eigenvalue weighted by molar-refractivity contribution is 7.98. The molecular formula is C17H20N4OS2. The molecular weight excluding hydrogens is 340 g/mol. The molecule has 3 aromatic heterocycles. The zero-order valence-corrected chi connectivity index (χ0v) is 15.3. The lowest BCUT2D eigenvalue weighted by Crippen LogP contribution is -2.00. The fourth-order valence-electron chi connectivity index (χ4n) is 3.12. The van der Waals surface area contributed by atoms with E-state index in [-0.39, 0.29) is 0 Å². The lowest BCUT2D eigenvalue weighted by Gasteiger charge is -2.03. The highest BCUT2D eigenvalue weighted by Gasteiger charge is 2.18. The van der Waals surface area contributed by atoms with Gasteiger partial charge < -0.3 is 4.42 Å². The van der Waals surface area contributed by atoms with Crippen molar-refractivity contribution in [2.45, 2.75) is 49.9 Å². The number of rotatable bonds is 6. The minimum atomic E-state index is 0.704. The van der Waals surface area contributed by atoms with Gasteiger partial charge in [0.15, 0.2) is 0 Å². The van der Waals surface area contributed by atoms with E-state index in [9.17, 15) is 0 Å². The van der Waals surface area contributed by atoms with E-state index in [0.29, 0.717) is 5.89 Å². The first-order valence-electron chi connectivity index (χ1n) is 8.32. The molecule has 5 nitrogen and oxygen atoms in total. The number of thiophene rings is 1. The Balaban J connectivity index is 1.37. The number of aryl methyl sites for hydroxylation is 1. The number of H-pyrrole nitrogens is 1. The lowest BCUT2D eigenvalue weighted by molar-refractivity contribution is 0.531. The number of oxazole rings is 1.